The molecule has 0 aromatic rings. The second kappa shape index (κ2) is 14.1. The maximum Gasteiger partial charge on any atom is 4.00 e. The van der Waals surface area contributed by atoms with Crippen LogP contribution in [-0.4, -0.2) is 11.6 Å². The second-order valence-electron chi connectivity index (χ2n) is 2.73. The molecule has 0 aromatic carbocycles. The molecule has 0 N–H and O–H groups in total. The summed E-state index contributed by atoms with van der Waals surface area (Å²) in [6.45, 7) is 5.39. The Morgan fingerprint density at radius 1 is 0.812 bits per heavy atom. The Kier molecular flexibility index (Phi) is 21.5. The standard InChI is InChI=1S/2C5H8O2.O.Ti/c2*1-4(6)3-5(2)7;;/h2*3,6H,1-2H3;;/q;;-2;+4/p-2/b2*4-3-;;. The maximum absolute atomic E-state index is 9.98. The van der Waals surface area contributed by atoms with Crippen molar-refractivity contribution >= 4 is 11.6 Å². The van der Waals surface area contributed by atoms with Crippen molar-refractivity contribution in [3.8, 4) is 0 Å². The summed E-state index contributed by atoms with van der Waals surface area (Å²) in [5.41, 5.74) is 0. The van der Waals surface area contributed by atoms with Gasteiger partial charge < -0.3 is 15.7 Å². The molecule has 6 heteroatoms. The van der Waals surface area contributed by atoms with Gasteiger partial charge in [-0.1, -0.05) is 13.8 Å². The Morgan fingerprint density at radius 2 is 1.00 bits per heavy atom. The predicted octanol–water partition coefficient (Wildman–Crippen LogP) is -0.442. The van der Waals surface area contributed by atoms with Gasteiger partial charge in [-0.15, -0.1) is 11.5 Å². The number of allylic oxidation sites excluding steroid dienone is 4. The van der Waals surface area contributed by atoms with Gasteiger partial charge in [0.2, 0.25) is 0 Å². The Bertz CT molecular complexity index is 232. The third kappa shape index (κ3) is 38.1. The topological polar surface area (TPSA) is 109 Å². The summed E-state index contributed by atoms with van der Waals surface area (Å²) in [4.78, 5) is 20.0. The van der Waals surface area contributed by atoms with Gasteiger partial charge in [-0.25, -0.2) is 0 Å². The first-order valence-electron chi connectivity index (χ1n) is 3.97. The van der Waals surface area contributed by atoms with E-state index < -0.39 is 0 Å². The minimum absolute atomic E-state index is 0. The molecule has 16 heavy (non-hydrogen) atoms. The molecule has 0 bridgehead atoms. The van der Waals surface area contributed by atoms with Crippen LogP contribution in [-0.2, 0) is 36.8 Å². The van der Waals surface area contributed by atoms with E-state index in [1.165, 1.54) is 27.7 Å². The number of carbonyl (C=O) groups is 2. The van der Waals surface area contributed by atoms with Crippen LogP contribution >= 0.6 is 0 Å². The van der Waals surface area contributed by atoms with Crippen LogP contribution < -0.4 is 10.2 Å². The molecule has 88 valence electrons. The van der Waals surface area contributed by atoms with Crippen LogP contribution in [0, 0.1) is 0 Å². The van der Waals surface area contributed by atoms with E-state index >= 15 is 0 Å². The number of ketones is 2. The second-order valence-corrected chi connectivity index (χ2v) is 2.73. The molecule has 0 aliphatic rings. The molecular formula is C10H14O5Ti. The van der Waals surface area contributed by atoms with Crippen LogP contribution in [0.5, 0.6) is 0 Å². The SMILES string of the molecule is CC(=O)/C=C(/C)[O-].CC(=O)/C=C(/C)[O-].[O-2].[Ti+4]. The number of hydrogen-bond acceptors (Lipinski definition) is 4. The minimum Gasteiger partial charge on any atom is -2.00 e. The molecule has 0 saturated carbocycles. The van der Waals surface area contributed by atoms with Crippen LogP contribution in [0.4, 0.5) is 0 Å². The van der Waals surface area contributed by atoms with Crippen LogP contribution in [0.15, 0.2) is 23.7 Å². The third-order valence-corrected chi connectivity index (χ3v) is 0.813. The maximum atomic E-state index is 9.98. The third-order valence-electron chi connectivity index (χ3n) is 0.813. The van der Waals surface area contributed by atoms with E-state index in [0.717, 1.165) is 12.2 Å². The van der Waals surface area contributed by atoms with E-state index in [1.807, 2.05) is 0 Å². The fraction of sp³-hybridized carbons (Fsp3) is 0.400. The number of carbonyl (C=O) groups excluding carboxylic acids is 2. The first-order valence-corrected chi connectivity index (χ1v) is 3.97. The zero-order chi connectivity index (χ0) is 11.7. The first kappa shape index (κ1) is 24.4. The Balaban J connectivity index is -0.0000000800. The van der Waals surface area contributed by atoms with Gasteiger partial charge in [-0.3, -0.25) is 9.59 Å². The molecule has 0 aliphatic heterocycles. The van der Waals surface area contributed by atoms with Crippen LogP contribution in [0.3, 0.4) is 0 Å². The molecule has 5 nitrogen and oxygen atoms in total. The van der Waals surface area contributed by atoms with Crippen LogP contribution in [0.1, 0.15) is 27.7 Å². The largest absolute Gasteiger partial charge is 4.00 e. The normalized spacial score (nSPS) is 10.0. The molecule has 0 rings (SSSR count). The summed E-state index contributed by atoms with van der Waals surface area (Å²) in [7, 11) is 0. The molecule has 0 atom stereocenters. The van der Waals surface area contributed by atoms with Crippen molar-refractivity contribution in [1.29, 1.82) is 0 Å². The molecular weight excluding hydrogens is 248 g/mol. The fourth-order valence-corrected chi connectivity index (χ4v) is 0.572. The van der Waals surface area contributed by atoms with Gasteiger partial charge in [0, 0.05) is 0 Å². The Morgan fingerprint density at radius 3 is 1.00 bits per heavy atom. The molecule has 0 spiro atoms. The minimum atomic E-state index is -0.187. The van der Waals surface area contributed by atoms with E-state index in [-0.39, 0.29) is 50.3 Å². The van der Waals surface area contributed by atoms with Crippen molar-refractivity contribution < 1.29 is 47.0 Å². The number of hydrogen-bond donors (Lipinski definition) is 0. The monoisotopic (exact) mass is 262 g/mol. The molecule has 0 heterocycles. The number of rotatable bonds is 2. The molecule has 0 aromatic heterocycles. The van der Waals surface area contributed by atoms with Gasteiger partial charge >= 0.3 is 21.7 Å². The zero-order valence-corrected chi connectivity index (χ0v) is 11.3. The van der Waals surface area contributed by atoms with E-state index in [2.05, 4.69) is 0 Å². The van der Waals surface area contributed by atoms with Crippen molar-refractivity contribution in [2.45, 2.75) is 27.7 Å². The molecule has 0 unspecified atom stereocenters. The Hall–Kier alpha value is -0.906. The molecule has 0 saturated heterocycles. The zero-order valence-electron chi connectivity index (χ0n) is 9.70. The van der Waals surface area contributed by atoms with Gasteiger partial charge in [0.1, 0.15) is 0 Å². The average Bonchev–Trinajstić information content (AvgIpc) is 1.79. The fourth-order valence-electron chi connectivity index (χ4n) is 0.572. The van der Waals surface area contributed by atoms with Crippen molar-refractivity contribution in [2.75, 3.05) is 0 Å². The first-order chi connectivity index (χ1) is 6.25. The van der Waals surface area contributed by atoms with Crippen molar-refractivity contribution in [1.82, 2.24) is 0 Å². The summed E-state index contributed by atoms with van der Waals surface area (Å²) >= 11 is 0. The van der Waals surface area contributed by atoms with E-state index in [9.17, 15) is 19.8 Å². The smallest absolute Gasteiger partial charge is 2.00 e. The van der Waals surface area contributed by atoms with Crippen LogP contribution in [0.25, 0.3) is 0 Å². The quantitative estimate of drug-likeness (QED) is 0.381. The molecule has 0 radical (unpaired) electrons. The van der Waals surface area contributed by atoms with Gasteiger partial charge in [-0.2, -0.15) is 0 Å². The van der Waals surface area contributed by atoms with Crippen molar-refractivity contribution in [3.05, 3.63) is 23.7 Å². The summed E-state index contributed by atoms with van der Waals surface area (Å²) in [5, 5.41) is 20.0. The van der Waals surface area contributed by atoms with E-state index in [1.54, 1.807) is 0 Å². The molecule has 0 amide bonds. The van der Waals surface area contributed by atoms with Gasteiger partial charge in [0.25, 0.3) is 0 Å². The molecule has 0 fully saturated rings. The van der Waals surface area contributed by atoms with E-state index in [4.69, 9.17) is 0 Å². The van der Waals surface area contributed by atoms with Gasteiger partial charge in [0.15, 0.2) is 11.6 Å². The summed E-state index contributed by atoms with van der Waals surface area (Å²) in [6, 6.07) is 0. The van der Waals surface area contributed by atoms with Gasteiger partial charge in [0.05, 0.1) is 0 Å². The Labute approximate surface area is 110 Å². The summed E-state index contributed by atoms with van der Waals surface area (Å²) < 4.78 is 0. The van der Waals surface area contributed by atoms with E-state index in [0.29, 0.717) is 0 Å². The summed E-state index contributed by atoms with van der Waals surface area (Å²) in [6.07, 6.45) is 2.11. The summed E-state index contributed by atoms with van der Waals surface area (Å²) in [5.74, 6) is -0.750. The van der Waals surface area contributed by atoms with Gasteiger partial charge in [-0.05, 0) is 26.0 Å². The van der Waals surface area contributed by atoms with Crippen LogP contribution in [0.2, 0.25) is 0 Å². The molecule has 0 aliphatic carbocycles. The van der Waals surface area contributed by atoms with Crippen molar-refractivity contribution in [2.24, 2.45) is 0 Å². The van der Waals surface area contributed by atoms with Crippen molar-refractivity contribution in [3.63, 3.8) is 0 Å². The predicted molar refractivity (Wildman–Crippen MR) is 49.6 cm³/mol. The average molecular weight is 262 g/mol.